The molecule has 1 fully saturated rings. The maximum absolute atomic E-state index is 11.7. The van der Waals surface area contributed by atoms with Gasteiger partial charge in [-0.3, -0.25) is 4.79 Å². The van der Waals surface area contributed by atoms with E-state index in [0.717, 1.165) is 22.4 Å². The van der Waals surface area contributed by atoms with Gasteiger partial charge in [0, 0.05) is 23.1 Å². The first-order valence-electron chi connectivity index (χ1n) is 9.17. The Bertz CT molecular complexity index is 973. The summed E-state index contributed by atoms with van der Waals surface area (Å²) < 4.78 is 11.5. The van der Waals surface area contributed by atoms with Crippen molar-refractivity contribution in [3.05, 3.63) is 52.6 Å². The van der Waals surface area contributed by atoms with Crippen LogP contribution in [-0.4, -0.2) is 18.1 Å². The SMILES string of the molecule is CC(C)c1ccc(-c2cc(C3OC3(C)C(N)=O)c(C#N)c3c2OCC3)cc1. The molecule has 2 atom stereocenters. The number of hydrogen-bond acceptors (Lipinski definition) is 4. The maximum Gasteiger partial charge on any atom is 0.252 e. The number of amides is 1. The fourth-order valence-electron chi connectivity index (χ4n) is 3.76. The van der Waals surface area contributed by atoms with Crippen LogP contribution in [0.25, 0.3) is 11.1 Å². The van der Waals surface area contributed by atoms with Gasteiger partial charge in [-0.2, -0.15) is 5.26 Å². The van der Waals surface area contributed by atoms with E-state index in [9.17, 15) is 10.1 Å². The first-order chi connectivity index (χ1) is 12.9. The molecule has 0 radical (unpaired) electrons. The van der Waals surface area contributed by atoms with Crippen molar-refractivity contribution in [2.45, 2.75) is 44.8 Å². The van der Waals surface area contributed by atoms with Gasteiger partial charge >= 0.3 is 0 Å². The van der Waals surface area contributed by atoms with Gasteiger partial charge in [0.25, 0.3) is 5.91 Å². The highest BCUT2D eigenvalue weighted by Crippen LogP contribution is 2.53. The summed E-state index contributed by atoms with van der Waals surface area (Å²) in [5, 5.41) is 9.75. The number of hydrogen-bond donors (Lipinski definition) is 1. The highest BCUT2D eigenvalue weighted by atomic mass is 16.6. The zero-order valence-electron chi connectivity index (χ0n) is 15.7. The number of epoxide rings is 1. The molecule has 2 aliphatic heterocycles. The van der Waals surface area contributed by atoms with Gasteiger partial charge in [-0.25, -0.2) is 0 Å². The molecule has 138 valence electrons. The first kappa shape index (κ1) is 17.6. The van der Waals surface area contributed by atoms with Gasteiger partial charge < -0.3 is 15.2 Å². The molecular formula is C22H22N2O3. The Morgan fingerprint density at radius 3 is 2.59 bits per heavy atom. The third-order valence-corrected chi connectivity index (χ3v) is 5.59. The van der Waals surface area contributed by atoms with Crippen LogP contribution in [0.5, 0.6) is 5.75 Å². The molecule has 0 bridgehead atoms. The van der Waals surface area contributed by atoms with Crippen LogP contribution in [0.3, 0.4) is 0 Å². The quantitative estimate of drug-likeness (QED) is 0.842. The Labute approximate surface area is 158 Å². The minimum absolute atomic E-state index is 0.452. The van der Waals surface area contributed by atoms with Crippen molar-refractivity contribution >= 4 is 5.91 Å². The van der Waals surface area contributed by atoms with E-state index in [4.69, 9.17) is 15.2 Å². The molecule has 2 N–H and O–H groups in total. The van der Waals surface area contributed by atoms with Crippen LogP contribution in [0.15, 0.2) is 30.3 Å². The third-order valence-electron chi connectivity index (χ3n) is 5.59. The van der Waals surface area contributed by atoms with E-state index in [0.29, 0.717) is 30.1 Å². The van der Waals surface area contributed by atoms with Crippen LogP contribution < -0.4 is 10.5 Å². The molecule has 2 aromatic carbocycles. The molecular weight excluding hydrogens is 340 g/mol. The molecule has 0 saturated carbocycles. The zero-order chi connectivity index (χ0) is 19.3. The molecule has 27 heavy (non-hydrogen) atoms. The Hall–Kier alpha value is -2.84. The van der Waals surface area contributed by atoms with Gasteiger partial charge in [0.1, 0.15) is 11.9 Å². The Morgan fingerprint density at radius 1 is 1.33 bits per heavy atom. The summed E-state index contributed by atoms with van der Waals surface area (Å²) in [6, 6.07) is 12.6. The highest BCUT2D eigenvalue weighted by Gasteiger charge is 2.59. The molecule has 2 aromatic rings. The Kier molecular flexibility index (Phi) is 3.97. The Morgan fingerprint density at radius 2 is 2.04 bits per heavy atom. The lowest BCUT2D eigenvalue weighted by atomic mass is 9.88. The lowest BCUT2D eigenvalue weighted by Crippen LogP contribution is -2.29. The predicted molar refractivity (Wildman–Crippen MR) is 101 cm³/mol. The Balaban J connectivity index is 1.86. The molecule has 0 aliphatic carbocycles. The number of carbonyl (C=O) groups excluding carboxylic acids is 1. The molecule has 1 saturated heterocycles. The van der Waals surface area contributed by atoms with Crippen molar-refractivity contribution < 1.29 is 14.3 Å². The van der Waals surface area contributed by atoms with Crippen LogP contribution in [0.1, 0.15) is 55.0 Å². The molecule has 0 spiro atoms. The minimum Gasteiger partial charge on any atom is -0.492 e. The maximum atomic E-state index is 11.7. The fraction of sp³-hybridized carbons (Fsp3) is 0.364. The van der Waals surface area contributed by atoms with E-state index in [-0.39, 0.29) is 0 Å². The lowest BCUT2D eigenvalue weighted by Gasteiger charge is -2.14. The smallest absolute Gasteiger partial charge is 0.252 e. The van der Waals surface area contributed by atoms with E-state index < -0.39 is 17.6 Å². The van der Waals surface area contributed by atoms with E-state index in [1.54, 1.807) is 6.92 Å². The summed E-state index contributed by atoms with van der Waals surface area (Å²) >= 11 is 0. The first-order valence-corrected chi connectivity index (χ1v) is 9.17. The number of carbonyl (C=O) groups is 1. The second kappa shape index (κ2) is 6.11. The zero-order valence-corrected chi connectivity index (χ0v) is 15.7. The van der Waals surface area contributed by atoms with Gasteiger partial charge in [-0.1, -0.05) is 38.1 Å². The number of rotatable bonds is 4. The fourth-order valence-corrected chi connectivity index (χ4v) is 3.76. The van der Waals surface area contributed by atoms with Crippen molar-refractivity contribution in [3.63, 3.8) is 0 Å². The van der Waals surface area contributed by atoms with Gasteiger partial charge in [0.15, 0.2) is 5.60 Å². The van der Waals surface area contributed by atoms with Crippen LogP contribution in [-0.2, 0) is 16.0 Å². The summed E-state index contributed by atoms with van der Waals surface area (Å²) in [6.45, 7) is 6.53. The van der Waals surface area contributed by atoms with Crippen molar-refractivity contribution in [3.8, 4) is 22.9 Å². The van der Waals surface area contributed by atoms with Crippen molar-refractivity contribution in [2.24, 2.45) is 5.73 Å². The van der Waals surface area contributed by atoms with Gasteiger partial charge in [-0.15, -0.1) is 0 Å². The number of primary amides is 1. The molecule has 2 heterocycles. The lowest BCUT2D eigenvalue weighted by molar-refractivity contribution is -0.122. The average Bonchev–Trinajstić information content (AvgIpc) is 3.12. The molecule has 5 heteroatoms. The summed E-state index contributed by atoms with van der Waals surface area (Å²) in [5.41, 5.74) is 9.78. The highest BCUT2D eigenvalue weighted by molar-refractivity contribution is 5.88. The van der Waals surface area contributed by atoms with Gasteiger partial charge in [0.05, 0.1) is 18.2 Å². The normalized spacial score (nSPS) is 22.9. The number of fused-ring (bicyclic) bond motifs is 1. The second-order valence-electron chi connectivity index (χ2n) is 7.65. The van der Waals surface area contributed by atoms with Gasteiger partial charge in [-0.05, 0) is 30.0 Å². The monoisotopic (exact) mass is 362 g/mol. The summed E-state index contributed by atoms with van der Waals surface area (Å²) in [7, 11) is 0. The van der Waals surface area contributed by atoms with Crippen molar-refractivity contribution in [2.75, 3.05) is 6.61 Å². The summed E-state index contributed by atoms with van der Waals surface area (Å²) in [4.78, 5) is 11.7. The topological polar surface area (TPSA) is 88.6 Å². The molecule has 5 nitrogen and oxygen atoms in total. The second-order valence-corrected chi connectivity index (χ2v) is 7.65. The van der Waals surface area contributed by atoms with Crippen LogP contribution in [0, 0.1) is 11.3 Å². The molecule has 2 unspecified atom stereocenters. The number of nitriles is 1. The molecule has 0 aromatic heterocycles. The third kappa shape index (κ3) is 2.68. The number of benzene rings is 2. The minimum atomic E-state index is -1.06. The van der Waals surface area contributed by atoms with Crippen LogP contribution in [0.4, 0.5) is 0 Å². The van der Waals surface area contributed by atoms with Crippen molar-refractivity contribution in [1.82, 2.24) is 0 Å². The predicted octanol–water partition coefficient (Wildman–Crippen LogP) is 3.60. The summed E-state index contributed by atoms with van der Waals surface area (Å²) in [6.07, 6.45) is 0.174. The largest absolute Gasteiger partial charge is 0.492 e. The summed E-state index contributed by atoms with van der Waals surface area (Å²) in [5.74, 6) is 0.693. The number of nitrogens with zero attached hydrogens (tertiary/aromatic N) is 1. The standard InChI is InChI=1S/C22H22N2O3/c1-12(2)13-4-6-14(7-5-13)16-10-17(20-22(3,27-20)21(24)25)18(11-23)15-8-9-26-19(15)16/h4-7,10,12,20H,8-9H2,1-3H3,(H2,24,25). The van der Waals surface area contributed by atoms with E-state index >= 15 is 0 Å². The number of ether oxygens (including phenoxy) is 2. The number of nitrogens with two attached hydrogens (primary N) is 1. The van der Waals surface area contributed by atoms with Crippen LogP contribution in [0.2, 0.25) is 0 Å². The molecule has 1 amide bonds. The van der Waals surface area contributed by atoms with Gasteiger partial charge in [0.2, 0.25) is 0 Å². The van der Waals surface area contributed by atoms with E-state index in [2.05, 4.69) is 44.2 Å². The van der Waals surface area contributed by atoms with Crippen LogP contribution >= 0.6 is 0 Å². The average molecular weight is 362 g/mol. The van der Waals surface area contributed by atoms with E-state index in [1.165, 1.54) is 5.56 Å². The molecule has 2 aliphatic rings. The van der Waals surface area contributed by atoms with Crippen molar-refractivity contribution in [1.29, 1.82) is 5.26 Å². The molecule has 4 rings (SSSR count). The van der Waals surface area contributed by atoms with E-state index in [1.807, 2.05) is 6.07 Å².